The van der Waals surface area contributed by atoms with Gasteiger partial charge in [-0.2, -0.15) is 10.1 Å². The summed E-state index contributed by atoms with van der Waals surface area (Å²) in [5, 5.41) is 6.11. The van der Waals surface area contributed by atoms with Crippen molar-refractivity contribution in [2.75, 3.05) is 19.5 Å². The van der Waals surface area contributed by atoms with Crippen molar-refractivity contribution >= 4 is 62.0 Å². The lowest BCUT2D eigenvalue weighted by Gasteiger charge is -2.39. The summed E-state index contributed by atoms with van der Waals surface area (Å²) < 4.78 is 13.5. The largest absolute Gasteiger partial charge is 0.356 e. The molecule has 0 N–H and O–H groups in total. The number of aliphatic imine (C=N–C) groups is 1. The fourth-order valence-corrected chi connectivity index (χ4v) is 3.74. The third-order valence-electron chi connectivity index (χ3n) is 5.11. The molecule has 0 radical (unpaired) electrons. The second kappa shape index (κ2) is 18.1. The van der Waals surface area contributed by atoms with Gasteiger partial charge in [0.15, 0.2) is 5.82 Å². The first-order valence-corrected chi connectivity index (χ1v) is 14.4. The second-order valence-electron chi connectivity index (χ2n) is 7.27. The van der Waals surface area contributed by atoms with Gasteiger partial charge in [0.05, 0.1) is 0 Å². The summed E-state index contributed by atoms with van der Waals surface area (Å²) >= 11 is 11.9. The first-order chi connectivity index (χ1) is 16.4. The van der Waals surface area contributed by atoms with E-state index < -0.39 is 0 Å². The van der Waals surface area contributed by atoms with Crippen LogP contribution in [0.5, 0.6) is 0 Å². The van der Waals surface area contributed by atoms with Crippen molar-refractivity contribution in [3.63, 3.8) is 0 Å². The zero-order valence-electron chi connectivity index (χ0n) is 21.5. The molecule has 192 valence electrons. The molecule has 2 aliphatic heterocycles. The van der Waals surface area contributed by atoms with Crippen LogP contribution >= 0.6 is 43.5 Å². The Bertz CT molecular complexity index is 802. The molecule has 2 aliphatic rings. The van der Waals surface area contributed by atoms with Crippen molar-refractivity contribution in [2.45, 2.75) is 64.0 Å². The Labute approximate surface area is 228 Å². The van der Waals surface area contributed by atoms with E-state index in [4.69, 9.17) is 0 Å². The summed E-state index contributed by atoms with van der Waals surface area (Å²) in [6.07, 6.45) is 7.60. The van der Waals surface area contributed by atoms with Crippen LogP contribution in [0.4, 0.5) is 4.39 Å². The predicted octanol–water partition coefficient (Wildman–Crippen LogP) is 8.52. The van der Waals surface area contributed by atoms with Crippen LogP contribution in [-0.2, 0) is 0 Å². The first-order valence-electron chi connectivity index (χ1n) is 11.8. The standard InChI is InChI=1S/C21H25Br2FN4.2C2H6.CH3Cl/c1-14-8-10-27(11-9-14)21-18(16-4-6-17(24)7-5-16)13-26-20(28(21)25-3)12-19(23)15(2)22;3*1-2/h4-7,12-15,19H,3,8-11H2,1-2H3;2*1-2H3;1H3/b20-12+;;;. The van der Waals surface area contributed by atoms with Crippen LogP contribution in [-0.4, -0.2) is 52.0 Å². The molecule has 0 spiro atoms. The van der Waals surface area contributed by atoms with Gasteiger partial charge in [0.25, 0.3) is 0 Å². The van der Waals surface area contributed by atoms with Crippen LogP contribution in [0.15, 0.2) is 52.1 Å². The normalized spacial score (nSPS) is 18.6. The third kappa shape index (κ3) is 9.46. The Morgan fingerprint density at radius 3 is 2.12 bits per heavy atom. The zero-order valence-corrected chi connectivity index (χ0v) is 25.5. The molecule has 1 aromatic carbocycles. The lowest BCUT2D eigenvalue weighted by molar-refractivity contribution is 0.185. The van der Waals surface area contributed by atoms with Crippen LogP contribution in [0.3, 0.4) is 0 Å². The van der Waals surface area contributed by atoms with Gasteiger partial charge in [-0.15, -0.1) is 11.6 Å². The molecule has 2 unspecified atom stereocenters. The zero-order chi connectivity index (χ0) is 26.3. The van der Waals surface area contributed by atoms with E-state index in [2.05, 4.69) is 79.0 Å². The molecule has 8 heteroatoms. The minimum Gasteiger partial charge on any atom is -0.356 e. The molecule has 3 rings (SSSR count). The van der Waals surface area contributed by atoms with E-state index in [1.807, 2.05) is 40.0 Å². The van der Waals surface area contributed by atoms with Gasteiger partial charge >= 0.3 is 0 Å². The molecular formula is C26H40Br2ClFN4. The van der Waals surface area contributed by atoms with Gasteiger partial charge in [0, 0.05) is 47.6 Å². The van der Waals surface area contributed by atoms with E-state index in [1.165, 1.54) is 18.5 Å². The minimum atomic E-state index is -0.252. The lowest BCUT2D eigenvalue weighted by atomic mass is 9.98. The molecule has 0 aromatic heterocycles. The van der Waals surface area contributed by atoms with Crippen molar-refractivity contribution in [3.05, 3.63) is 53.4 Å². The van der Waals surface area contributed by atoms with E-state index in [1.54, 1.807) is 17.1 Å². The van der Waals surface area contributed by atoms with Crippen LogP contribution in [0.1, 0.15) is 59.9 Å². The number of piperidine rings is 1. The maximum absolute atomic E-state index is 13.5. The minimum absolute atomic E-state index is 0.0962. The molecule has 1 fully saturated rings. The summed E-state index contributed by atoms with van der Waals surface area (Å²) in [7, 11) is 0. The maximum atomic E-state index is 13.5. The monoisotopic (exact) mass is 620 g/mol. The number of hydrazone groups is 1. The smallest absolute Gasteiger partial charge is 0.152 e. The Hall–Kier alpha value is -1.18. The molecule has 0 amide bonds. The topological polar surface area (TPSA) is 31.2 Å². The highest BCUT2D eigenvalue weighted by Gasteiger charge is 2.30. The van der Waals surface area contributed by atoms with Crippen LogP contribution in [0.25, 0.3) is 5.57 Å². The first kappa shape index (κ1) is 32.8. The lowest BCUT2D eigenvalue weighted by Crippen LogP contribution is -2.40. The summed E-state index contributed by atoms with van der Waals surface area (Å²) in [5.74, 6) is 2.14. The fourth-order valence-electron chi connectivity index (χ4n) is 3.35. The summed E-state index contributed by atoms with van der Waals surface area (Å²) in [5.41, 5.74) is 1.84. The molecule has 4 nitrogen and oxygen atoms in total. The van der Waals surface area contributed by atoms with Gasteiger partial charge < -0.3 is 4.90 Å². The van der Waals surface area contributed by atoms with E-state index in [0.717, 1.165) is 48.7 Å². The number of likely N-dealkylation sites (tertiary alicyclic amines) is 1. The number of allylic oxidation sites excluding steroid dienone is 2. The average molecular weight is 623 g/mol. The van der Waals surface area contributed by atoms with Gasteiger partial charge in [0.1, 0.15) is 11.6 Å². The van der Waals surface area contributed by atoms with Crippen molar-refractivity contribution < 1.29 is 4.39 Å². The predicted molar refractivity (Wildman–Crippen MR) is 157 cm³/mol. The number of hydrogen-bond donors (Lipinski definition) is 0. The van der Waals surface area contributed by atoms with E-state index in [9.17, 15) is 4.39 Å². The molecule has 1 saturated heterocycles. The van der Waals surface area contributed by atoms with E-state index in [-0.39, 0.29) is 15.5 Å². The number of benzene rings is 1. The van der Waals surface area contributed by atoms with Gasteiger partial charge in [-0.3, -0.25) is 0 Å². The van der Waals surface area contributed by atoms with Crippen molar-refractivity contribution in [1.82, 2.24) is 9.91 Å². The van der Waals surface area contributed by atoms with Gasteiger partial charge in [-0.05, 0) is 42.5 Å². The van der Waals surface area contributed by atoms with Gasteiger partial charge in [-0.1, -0.05) is 85.5 Å². The number of hydrogen-bond acceptors (Lipinski definition) is 4. The van der Waals surface area contributed by atoms with Crippen LogP contribution in [0.2, 0.25) is 0 Å². The average Bonchev–Trinajstić information content (AvgIpc) is 2.88. The molecule has 2 atom stereocenters. The van der Waals surface area contributed by atoms with Crippen molar-refractivity contribution in [1.29, 1.82) is 0 Å². The molecule has 0 aliphatic carbocycles. The van der Waals surface area contributed by atoms with E-state index in [0.29, 0.717) is 5.92 Å². The molecule has 0 saturated carbocycles. The molecule has 2 heterocycles. The third-order valence-corrected chi connectivity index (χ3v) is 7.45. The SMILES string of the molecule is C=NN1C(N2CCC(C)CC2)=C(c2ccc(F)cc2)C=N/C1=C\C(Br)C(C)Br.CC.CC.CCl. The number of nitrogens with zero attached hydrogens (tertiary/aromatic N) is 4. The van der Waals surface area contributed by atoms with Crippen LogP contribution in [0, 0.1) is 11.7 Å². The number of halogens is 4. The molecule has 1 aromatic rings. The highest BCUT2D eigenvalue weighted by Crippen LogP contribution is 2.34. The van der Waals surface area contributed by atoms with Gasteiger partial charge in [-0.25, -0.2) is 9.38 Å². The summed E-state index contributed by atoms with van der Waals surface area (Å²) in [4.78, 5) is 7.32. The summed E-state index contributed by atoms with van der Waals surface area (Å²) in [6.45, 7) is 18.1. The Morgan fingerprint density at radius 1 is 1.12 bits per heavy atom. The number of rotatable bonds is 5. The van der Waals surface area contributed by atoms with Crippen molar-refractivity contribution in [3.8, 4) is 0 Å². The van der Waals surface area contributed by atoms with E-state index >= 15 is 0 Å². The second-order valence-corrected chi connectivity index (χ2v) is 9.77. The highest BCUT2D eigenvalue weighted by molar-refractivity contribution is 9.12. The molecular weight excluding hydrogens is 583 g/mol. The van der Waals surface area contributed by atoms with Crippen LogP contribution < -0.4 is 0 Å². The summed E-state index contributed by atoms with van der Waals surface area (Å²) in [6, 6.07) is 6.52. The molecule has 0 bridgehead atoms. The maximum Gasteiger partial charge on any atom is 0.152 e. The quantitative estimate of drug-likeness (QED) is 0.244. The molecule has 34 heavy (non-hydrogen) atoms. The highest BCUT2D eigenvalue weighted by atomic mass is 79.9. The number of alkyl halides is 3. The van der Waals surface area contributed by atoms with Gasteiger partial charge in [0.2, 0.25) is 0 Å². The Kier molecular flexibility index (Phi) is 17.5. The van der Waals surface area contributed by atoms with Crippen molar-refractivity contribution in [2.24, 2.45) is 16.0 Å². The Morgan fingerprint density at radius 2 is 1.65 bits per heavy atom. The fraction of sp³-hybridized carbons (Fsp3) is 0.538. The Balaban J connectivity index is 0.00000168.